The molecule has 0 saturated heterocycles. The molecule has 3 rings (SSSR count). The first-order chi connectivity index (χ1) is 12.9. The third-order valence-electron chi connectivity index (χ3n) is 4.52. The van der Waals surface area contributed by atoms with E-state index >= 15 is 0 Å². The normalized spacial score (nSPS) is 13.6. The highest BCUT2D eigenvalue weighted by Gasteiger charge is 2.19. The lowest BCUT2D eigenvalue weighted by Gasteiger charge is -2.18. The molecule has 0 bridgehead atoms. The number of hydrogen-bond donors (Lipinski definition) is 3. The van der Waals surface area contributed by atoms with Gasteiger partial charge in [-0.2, -0.15) is 0 Å². The second-order valence-corrected chi connectivity index (χ2v) is 8.34. The van der Waals surface area contributed by atoms with Gasteiger partial charge in [0.1, 0.15) is 5.75 Å². The standard InChI is InChI=1S/C19H23N3O4S/c1-20-19(23)22-17-6-5-16(10-18(17)26-2)27(24,25)12-13-3-4-15-11-21-8-7-14(15)9-13/h3-6,9-10,21H,7-8,11-12H2,1-2H3,(H2,20,22,23). The summed E-state index contributed by atoms with van der Waals surface area (Å²) in [6.07, 6.45) is 0.900. The number of carbonyl (C=O) groups excluding carboxylic acids is 1. The Morgan fingerprint density at radius 1 is 1.19 bits per heavy atom. The Kier molecular flexibility index (Phi) is 5.67. The minimum Gasteiger partial charge on any atom is -0.495 e. The molecular weight excluding hydrogens is 366 g/mol. The molecular formula is C19H23N3O4S. The first kappa shape index (κ1) is 19.2. The van der Waals surface area contributed by atoms with Crippen molar-refractivity contribution >= 4 is 21.6 Å². The van der Waals surface area contributed by atoms with Crippen molar-refractivity contribution < 1.29 is 17.9 Å². The molecule has 8 heteroatoms. The fourth-order valence-electron chi connectivity index (χ4n) is 3.08. The van der Waals surface area contributed by atoms with Crippen LogP contribution in [0.2, 0.25) is 0 Å². The summed E-state index contributed by atoms with van der Waals surface area (Å²) in [5.74, 6) is 0.204. The van der Waals surface area contributed by atoms with Crippen LogP contribution in [0.25, 0.3) is 0 Å². The number of hydrogen-bond acceptors (Lipinski definition) is 5. The SMILES string of the molecule is CNC(=O)Nc1ccc(S(=O)(=O)Cc2ccc3c(c2)CCNC3)cc1OC. The van der Waals surface area contributed by atoms with Gasteiger partial charge in [-0.1, -0.05) is 18.2 Å². The fraction of sp³-hybridized carbons (Fsp3) is 0.316. The average Bonchev–Trinajstić information content (AvgIpc) is 2.67. The molecule has 0 aromatic heterocycles. The van der Waals surface area contributed by atoms with Crippen molar-refractivity contribution in [3.63, 3.8) is 0 Å². The molecule has 0 aliphatic carbocycles. The summed E-state index contributed by atoms with van der Waals surface area (Å²) in [6.45, 7) is 1.72. The van der Waals surface area contributed by atoms with E-state index in [4.69, 9.17) is 4.74 Å². The highest BCUT2D eigenvalue weighted by Crippen LogP contribution is 2.29. The van der Waals surface area contributed by atoms with Gasteiger partial charge in [-0.3, -0.25) is 0 Å². The molecule has 2 aromatic carbocycles. The van der Waals surface area contributed by atoms with Gasteiger partial charge in [0.05, 0.1) is 23.4 Å². The van der Waals surface area contributed by atoms with E-state index in [1.165, 1.54) is 43.5 Å². The number of methoxy groups -OCH3 is 1. The van der Waals surface area contributed by atoms with Gasteiger partial charge in [0, 0.05) is 19.7 Å². The molecule has 2 aromatic rings. The van der Waals surface area contributed by atoms with Crippen molar-refractivity contribution in [2.75, 3.05) is 26.0 Å². The molecule has 27 heavy (non-hydrogen) atoms. The number of sulfone groups is 1. The number of urea groups is 1. The van der Waals surface area contributed by atoms with E-state index in [0.29, 0.717) is 5.69 Å². The zero-order valence-corrected chi connectivity index (χ0v) is 16.2. The van der Waals surface area contributed by atoms with Crippen LogP contribution in [0.1, 0.15) is 16.7 Å². The number of amides is 2. The van der Waals surface area contributed by atoms with Crippen LogP contribution in [-0.4, -0.2) is 35.2 Å². The third kappa shape index (κ3) is 4.40. The van der Waals surface area contributed by atoms with E-state index in [9.17, 15) is 13.2 Å². The van der Waals surface area contributed by atoms with Crippen molar-refractivity contribution in [3.8, 4) is 5.75 Å². The van der Waals surface area contributed by atoms with Gasteiger partial charge in [-0.05, 0) is 41.8 Å². The maximum Gasteiger partial charge on any atom is 0.319 e. The molecule has 3 N–H and O–H groups in total. The first-order valence-corrected chi connectivity index (χ1v) is 10.3. The van der Waals surface area contributed by atoms with Gasteiger partial charge in [-0.15, -0.1) is 0 Å². The van der Waals surface area contributed by atoms with E-state index in [1.54, 1.807) is 0 Å². The van der Waals surface area contributed by atoms with Crippen LogP contribution in [0.5, 0.6) is 5.75 Å². The predicted octanol–water partition coefficient (Wildman–Crippen LogP) is 2.07. The monoisotopic (exact) mass is 389 g/mol. The van der Waals surface area contributed by atoms with Crippen LogP contribution in [-0.2, 0) is 28.6 Å². The highest BCUT2D eigenvalue weighted by molar-refractivity contribution is 7.90. The minimum absolute atomic E-state index is 0.0842. The highest BCUT2D eigenvalue weighted by atomic mass is 32.2. The molecule has 1 aliphatic rings. The van der Waals surface area contributed by atoms with Crippen LogP contribution in [0.3, 0.4) is 0 Å². The lowest BCUT2D eigenvalue weighted by Crippen LogP contribution is -2.24. The van der Waals surface area contributed by atoms with Crippen molar-refractivity contribution in [2.24, 2.45) is 0 Å². The third-order valence-corrected chi connectivity index (χ3v) is 6.21. The summed E-state index contributed by atoms with van der Waals surface area (Å²) in [5, 5.41) is 8.34. The summed E-state index contributed by atoms with van der Waals surface area (Å²) >= 11 is 0. The van der Waals surface area contributed by atoms with Gasteiger partial charge < -0.3 is 20.7 Å². The average molecular weight is 389 g/mol. The zero-order chi connectivity index (χ0) is 19.4. The number of fused-ring (bicyclic) bond motifs is 1. The number of anilines is 1. The van der Waals surface area contributed by atoms with Crippen molar-refractivity contribution in [2.45, 2.75) is 23.6 Å². The fourth-order valence-corrected chi connectivity index (χ4v) is 4.42. The molecule has 0 atom stereocenters. The van der Waals surface area contributed by atoms with Crippen LogP contribution < -0.4 is 20.7 Å². The second kappa shape index (κ2) is 7.98. The zero-order valence-electron chi connectivity index (χ0n) is 15.3. The Bertz CT molecular complexity index is 957. The second-order valence-electron chi connectivity index (χ2n) is 6.36. The number of ether oxygens (including phenoxy) is 1. The van der Waals surface area contributed by atoms with E-state index in [1.807, 2.05) is 18.2 Å². The van der Waals surface area contributed by atoms with Crippen LogP contribution in [0.4, 0.5) is 10.5 Å². The van der Waals surface area contributed by atoms with E-state index in [2.05, 4.69) is 16.0 Å². The molecule has 0 fully saturated rings. The topological polar surface area (TPSA) is 96.5 Å². The van der Waals surface area contributed by atoms with Crippen molar-refractivity contribution in [3.05, 3.63) is 53.1 Å². The largest absolute Gasteiger partial charge is 0.495 e. The summed E-state index contributed by atoms with van der Waals surface area (Å²) in [4.78, 5) is 11.6. The smallest absolute Gasteiger partial charge is 0.319 e. The molecule has 1 aliphatic heterocycles. The Morgan fingerprint density at radius 3 is 2.74 bits per heavy atom. The van der Waals surface area contributed by atoms with E-state index in [0.717, 1.165) is 25.1 Å². The Balaban J connectivity index is 1.85. The molecule has 0 unspecified atom stereocenters. The van der Waals surface area contributed by atoms with Gasteiger partial charge in [0.15, 0.2) is 9.84 Å². The van der Waals surface area contributed by atoms with Gasteiger partial charge >= 0.3 is 6.03 Å². The summed E-state index contributed by atoms with van der Waals surface area (Å²) < 4.78 is 31.0. The summed E-state index contributed by atoms with van der Waals surface area (Å²) in [6, 6.07) is 9.86. The van der Waals surface area contributed by atoms with Gasteiger partial charge in [0.2, 0.25) is 0 Å². The van der Waals surface area contributed by atoms with E-state index in [-0.39, 0.29) is 16.4 Å². The van der Waals surface area contributed by atoms with Crippen LogP contribution >= 0.6 is 0 Å². The molecule has 7 nitrogen and oxygen atoms in total. The number of benzene rings is 2. The quantitative estimate of drug-likeness (QED) is 0.727. The predicted molar refractivity (Wildman–Crippen MR) is 104 cm³/mol. The lowest BCUT2D eigenvalue weighted by atomic mass is 9.99. The number of carbonyl (C=O) groups is 1. The molecule has 1 heterocycles. The Hall–Kier alpha value is -2.58. The first-order valence-electron chi connectivity index (χ1n) is 8.64. The molecule has 2 amide bonds. The van der Waals surface area contributed by atoms with Crippen molar-refractivity contribution in [1.29, 1.82) is 0 Å². The van der Waals surface area contributed by atoms with Gasteiger partial charge in [-0.25, -0.2) is 13.2 Å². The molecule has 0 radical (unpaired) electrons. The maximum absolute atomic E-state index is 12.9. The van der Waals surface area contributed by atoms with Gasteiger partial charge in [0.25, 0.3) is 0 Å². The lowest BCUT2D eigenvalue weighted by molar-refractivity contribution is 0.254. The number of rotatable bonds is 5. The van der Waals surface area contributed by atoms with Crippen molar-refractivity contribution in [1.82, 2.24) is 10.6 Å². The molecule has 144 valence electrons. The van der Waals surface area contributed by atoms with Crippen LogP contribution in [0.15, 0.2) is 41.3 Å². The number of nitrogens with one attached hydrogen (secondary N) is 3. The summed E-state index contributed by atoms with van der Waals surface area (Å²) in [5.41, 5.74) is 3.58. The Labute approximate surface area is 159 Å². The van der Waals surface area contributed by atoms with Crippen LogP contribution in [0, 0.1) is 0 Å². The van der Waals surface area contributed by atoms with E-state index < -0.39 is 15.9 Å². The minimum atomic E-state index is -3.55. The molecule has 0 saturated carbocycles. The molecule has 0 spiro atoms. The maximum atomic E-state index is 12.9. The summed E-state index contributed by atoms with van der Waals surface area (Å²) in [7, 11) is -0.623. The Morgan fingerprint density at radius 2 is 2.00 bits per heavy atom.